The molecule has 0 aromatic carbocycles. The fraction of sp³-hybridized carbons (Fsp3) is 0.889. The van der Waals surface area contributed by atoms with Gasteiger partial charge >= 0.3 is 6.09 Å². The van der Waals surface area contributed by atoms with Crippen molar-refractivity contribution in [3.63, 3.8) is 0 Å². The van der Waals surface area contributed by atoms with Gasteiger partial charge in [-0.05, 0) is 27.7 Å². The molecule has 7 heteroatoms. The van der Waals surface area contributed by atoms with Crippen LogP contribution in [0.3, 0.4) is 0 Å². The first kappa shape index (κ1) is 20.0. The van der Waals surface area contributed by atoms with Gasteiger partial charge in [0.25, 0.3) is 5.91 Å². The Kier molecular flexibility index (Phi) is 5.40. The Balaban J connectivity index is 2.33. The van der Waals surface area contributed by atoms with Crippen LogP contribution in [0.1, 0.15) is 48.5 Å². The molecule has 7 nitrogen and oxygen atoms in total. The lowest BCUT2D eigenvalue weighted by Gasteiger charge is -2.42. The third-order valence-electron chi connectivity index (χ3n) is 4.48. The zero-order valence-corrected chi connectivity index (χ0v) is 16.6. The summed E-state index contributed by atoms with van der Waals surface area (Å²) in [6, 6.07) is 0. The number of hydrogen-bond acceptors (Lipinski definition) is 5. The van der Waals surface area contributed by atoms with Gasteiger partial charge in [-0.15, -0.1) is 0 Å². The maximum absolute atomic E-state index is 13.2. The Labute approximate surface area is 151 Å². The largest absolute Gasteiger partial charge is 0.444 e. The van der Waals surface area contributed by atoms with Gasteiger partial charge < -0.3 is 19.7 Å². The molecule has 2 amide bonds. The van der Waals surface area contributed by atoms with E-state index in [4.69, 9.17) is 9.47 Å². The van der Waals surface area contributed by atoms with Crippen molar-refractivity contribution >= 4 is 12.0 Å². The van der Waals surface area contributed by atoms with Crippen molar-refractivity contribution in [1.29, 1.82) is 0 Å². The topological polar surface area (TPSA) is 71.1 Å². The summed E-state index contributed by atoms with van der Waals surface area (Å²) < 4.78 is 11.6. The van der Waals surface area contributed by atoms with E-state index in [1.54, 1.807) is 6.92 Å². The quantitative estimate of drug-likeness (QED) is 0.777. The van der Waals surface area contributed by atoms with Gasteiger partial charge in [-0.3, -0.25) is 9.69 Å². The van der Waals surface area contributed by atoms with Gasteiger partial charge in [0.1, 0.15) is 17.4 Å². The van der Waals surface area contributed by atoms with E-state index in [0.717, 1.165) is 13.1 Å². The first-order chi connectivity index (χ1) is 11.4. The molecular formula is C18H33N3O4. The van der Waals surface area contributed by atoms with Gasteiger partial charge in [-0.2, -0.15) is 0 Å². The van der Waals surface area contributed by atoms with E-state index in [1.807, 2.05) is 46.4 Å². The van der Waals surface area contributed by atoms with E-state index in [-0.39, 0.29) is 17.9 Å². The molecular weight excluding hydrogens is 322 g/mol. The SMILES string of the molecule is CC(C)(C)OC(=O)N1[C@@H](C(C)(C)C)OC[C@]1(C)C(=O)N1CCNCC1. The standard InChI is InChI=1S/C18H33N3O4/c1-16(2,3)14-21(15(23)25-17(4,5)6)18(7,12-24-14)13(22)20-10-8-19-9-11-20/h14,19H,8-12H2,1-7H3/t14-,18-/m1/s1. The second kappa shape index (κ2) is 6.76. The number of hydrogen-bond donors (Lipinski definition) is 1. The van der Waals surface area contributed by atoms with Crippen molar-refractivity contribution in [1.82, 2.24) is 15.1 Å². The second-order valence-electron chi connectivity index (χ2n) is 9.20. The predicted octanol–water partition coefficient (Wildman–Crippen LogP) is 1.82. The predicted molar refractivity (Wildman–Crippen MR) is 95.1 cm³/mol. The molecule has 2 rings (SSSR count). The molecule has 0 aromatic heterocycles. The lowest BCUT2D eigenvalue weighted by molar-refractivity contribution is -0.143. The molecule has 0 aromatic rings. The highest BCUT2D eigenvalue weighted by Gasteiger charge is 2.57. The highest BCUT2D eigenvalue weighted by atomic mass is 16.6. The lowest BCUT2D eigenvalue weighted by Crippen LogP contribution is -2.63. The van der Waals surface area contributed by atoms with Crippen molar-refractivity contribution in [2.75, 3.05) is 32.8 Å². The summed E-state index contributed by atoms with van der Waals surface area (Å²) in [6.07, 6.45) is -1.02. The van der Waals surface area contributed by atoms with Crippen molar-refractivity contribution in [3.8, 4) is 0 Å². The van der Waals surface area contributed by atoms with E-state index in [9.17, 15) is 9.59 Å². The molecule has 144 valence electrons. The minimum Gasteiger partial charge on any atom is -0.444 e. The number of piperazine rings is 1. The first-order valence-corrected chi connectivity index (χ1v) is 9.00. The Morgan fingerprint density at radius 1 is 1.12 bits per heavy atom. The Bertz CT molecular complexity index is 517. The average Bonchev–Trinajstić information content (AvgIpc) is 2.85. The van der Waals surface area contributed by atoms with Crippen LogP contribution in [0.15, 0.2) is 0 Å². The zero-order chi connectivity index (χ0) is 19.0. The number of nitrogens with one attached hydrogen (secondary N) is 1. The number of carbonyl (C=O) groups excluding carboxylic acids is 2. The molecule has 0 saturated carbocycles. The summed E-state index contributed by atoms with van der Waals surface area (Å²) in [5.41, 5.74) is -2.03. The summed E-state index contributed by atoms with van der Waals surface area (Å²) in [5, 5.41) is 3.24. The van der Waals surface area contributed by atoms with Crippen LogP contribution in [0, 0.1) is 5.41 Å². The van der Waals surface area contributed by atoms with Crippen molar-refractivity contribution in [2.24, 2.45) is 5.41 Å². The molecule has 1 N–H and O–H groups in total. The maximum Gasteiger partial charge on any atom is 0.413 e. The maximum atomic E-state index is 13.2. The summed E-state index contributed by atoms with van der Waals surface area (Å²) in [5.74, 6) is -0.0772. The minimum atomic E-state index is -1.06. The molecule has 2 saturated heterocycles. The molecule has 0 aliphatic carbocycles. The molecule has 25 heavy (non-hydrogen) atoms. The van der Waals surface area contributed by atoms with Crippen LogP contribution in [-0.4, -0.2) is 72.0 Å². The molecule has 0 unspecified atom stereocenters. The van der Waals surface area contributed by atoms with Crippen LogP contribution >= 0.6 is 0 Å². The van der Waals surface area contributed by atoms with Gasteiger partial charge in [-0.25, -0.2) is 4.79 Å². The van der Waals surface area contributed by atoms with Crippen LogP contribution in [0.4, 0.5) is 4.79 Å². The van der Waals surface area contributed by atoms with E-state index >= 15 is 0 Å². The first-order valence-electron chi connectivity index (χ1n) is 9.00. The van der Waals surface area contributed by atoms with Gasteiger partial charge in [0.05, 0.1) is 6.61 Å². The highest BCUT2D eigenvalue weighted by Crippen LogP contribution is 2.39. The monoisotopic (exact) mass is 355 g/mol. The Morgan fingerprint density at radius 3 is 2.16 bits per heavy atom. The van der Waals surface area contributed by atoms with Crippen LogP contribution in [0.25, 0.3) is 0 Å². The number of ether oxygens (including phenoxy) is 2. The summed E-state index contributed by atoms with van der Waals surface area (Å²) in [7, 11) is 0. The van der Waals surface area contributed by atoms with E-state index < -0.39 is 23.5 Å². The van der Waals surface area contributed by atoms with Gasteiger partial charge in [0.15, 0.2) is 0 Å². The molecule has 0 spiro atoms. The van der Waals surface area contributed by atoms with Crippen LogP contribution in [0.5, 0.6) is 0 Å². The number of amides is 2. The highest BCUT2D eigenvalue weighted by molar-refractivity contribution is 5.90. The summed E-state index contributed by atoms with van der Waals surface area (Å²) in [6.45, 7) is 16.2. The summed E-state index contributed by atoms with van der Waals surface area (Å²) in [4.78, 5) is 29.5. The molecule has 2 aliphatic heterocycles. The van der Waals surface area contributed by atoms with E-state index in [1.165, 1.54) is 4.90 Å². The normalized spacial score (nSPS) is 28.2. The third-order valence-corrected chi connectivity index (χ3v) is 4.48. The molecule has 2 atom stereocenters. The van der Waals surface area contributed by atoms with Gasteiger partial charge in [-0.1, -0.05) is 20.8 Å². The van der Waals surface area contributed by atoms with Gasteiger partial charge in [0.2, 0.25) is 0 Å². The summed E-state index contributed by atoms with van der Waals surface area (Å²) >= 11 is 0. The number of rotatable bonds is 1. The smallest absolute Gasteiger partial charge is 0.413 e. The molecule has 2 heterocycles. The van der Waals surface area contributed by atoms with E-state index in [2.05, 4.69) is 5.32 Å². The van der Waals surface area contributed by atoms with Crippen molar-refractivity contribution < 1.29 is 19.1 Å². The fourth-order valence-electron chi connectivity index (χ4n) is 3.26. The average molecular weight is 355 g/mol. The number of carbonyl (C=O) groups is 2. The van der Waals surface area contributed by atoms with Crippen LogP contribution < -0.4 is 5.32 Å². The van der Waals surface area contributed by atoms with Crippen LogP contribution in [-0.2, 0) is 14.3 Å². The van der Waals surface area contributed by atoms with Crippen molar-refractivity contribution in [2.45, 2.75) is 65.8 Å². The van der Waals surface area contributed by atoms with Crippen molar-refractivity contribution in [3.05, 3.63) is 0 Å². The zero-order valence-electron chi connectivity index (χ0n) is 16.6. The molecule has 2 aliphatic rings. The molecule has 0 radical (unpaired) electrons. The van der Waals surface area contributed by atoms with E-state index in [0.29, 0.717) is 13.1 Å². The molecule has 0 bridgehead atoms. The van der Waals surface area contributed by atoms with Crippen LogP contribution in [0.2, 0.25) is 0 Å². The second-order valence-corrected chi connectivity index (χ2v) is 9.20. The lowest BCUT2D eigenvalue weighted by atomic mass is 9.91. The Hall–Kier alpha value is -1.34. The fourth-order valence-corrected chi connectivity index (χ4v) is 3.26. The Morgan fingerprint density at radius 2 is 1.68 bits per heavy atom. The third kappa shape index (κ3) is 4.26. The minimum absolute atomic E-state index is 0.0772. The van der Waals surface area contributed by atoms with Gasteiger partial charge in [0, 0.05) is 31.6 Å². The molecule has 2 fully saturated rings. The number of nitrogens with zero attached hydrogens (tertiary/aromatic N) is 2.